The molecule has 2 aliphatic rings. The van der Waals surface area contributed by atoms with Gasteiger partial charge in [-0.3, -0.25) is 0 Å². The Balaban J connectivity index is 0.000000294. The molecule has 1 unspecified atom stereocenters. The fourth-order valence-electron chi connectivity index (χ4n) is 4.15. The Morgan fingerprint density at radius 2 is 1.48 bits per heavy atom. The zero-order chi connectivity index (χ0) is 21.7. The van der Waals surface area contributed by atoms with Crippen molar-refractivity contribution < 1.29 is 24.7 Å². The van der Waals surface area contributed by atoms with E-state index in [9.17, 15) is 14.7 Å². The number of carbonyl (C=O) groups excluding carboxylic acids is 2. The van der Waals surface area contributed by atoms with Crippen molar-refractivity contribution >= 4 is 12.1 Å². The van der Waals surface area contributed by atoms with Crippen molar-refractivity contribution in [1.82, 2.24) is 5.32 Å². The Morgan fingerprint density at radius 1 is 1.00 bits per heavy atom. The van der Waals surface area contributed by atoms with E-state index in [1.165, 1.54) is 64.2 Å². The van der Waals surface area contributed by atoms with Crippen molar-refractivity contribution in [2.24, 2.45) is 0 Å². The summed E-state index contributed by atoms with van der Waals surface area (Å²) in [6, 6.07) is 1.02. The molecule has 3 N–H and O–H groups in total. The summed E-state index contributed by atoms with van der Waals surface area (Å²) in [5, 5.41) is 15.7. The quantitative estimate of drug-likeness (QED) is 0.672. The molecule has 0 aromatic rings. The van der Waals surface area contributed by atoms with E-state index in [1.807, 2.05) is 6.92 Å². The van der Waals surface area contributed by atoms with Crippen molar-refractivity contribution in [3.8, 4) is 0 Å². The third kappa shape index (κ3) is 12.8. The van der Waals surface area contributed by atoms with Gasteiger partial charge in [0.05, 0.1) is 24.1 Å². The van der Waals surface area contributed by atoms with E-state index in [2.05, 4.69) is 10.6 Å². The number of carbonyl (C=O) groups is 2. The molecule has 0 saturated heterocycles. The van der Waals surface area contributed by atoms with Gasteiger partial charge >= 0.3 is 6.09 Å². The van der Waals surface area contributed by atoms with Crippen LogP contribution in [0.15, 0.2) is 0 Å². The minimum Gasteiger partial charge on any atom is -0.548 e. The molecule has 2 fully saturated rings. The summed E-state index contributed by atoms with van der Waals surface area (Å²) in [7, 11) is 0. The van der Waals surface area contributed by atoms with Crippen molar-refractivity contribution in [1.29, 1.82) is 0 Å². The number of hydrogen-bond acceptors (Lipinski definition) is 4. The van der Waals surface area contributed by atoms with Crippen molar-refractivity contribution in [3.63, 3.8) is 0 Å². The number of aliphatic carboxylic acids is 1. The third-order valence-corrected chi connectivity index (χ3v) is 5.67. The van der Waals surface area contributed by atoms with E-state index in [-0.39, 0.29) is 0 Å². The molecule has 0 aromatic carbocycles. The summed E-state index contributed by atoms with van der Waals surface area (Å²) in [6.07, 6.45) is 16.2. The van der Waals surface area contributed by atoms with Crippen LogP contribution in [0, 0.1) is 0 Å². The predicted octanol–water partition coefficient (Wildman–Crippen LogP) is 3.04. The number of unbranched alkanes of at least 4 members (excludes halogenated alkanes) is 1. The maximum absolute atomic E-state index is 11.3. The molecule has 1 atom stereocenters. The van der Waals surface area contributed by atoms with E-state index >= 15 is 0 Å². The predicted molar refractivity (Wildman–Crippen MR) is 113 cm³/mol. The van der Waals surface area contributed by atoms with Gasteiger partial charge in [0.25, 0.3) is 0 Å². The van der Waals surface area contributed by atoms with Gasteiger partial charge in [-0.05, 0) is 78.6 Å². The molecule has 0 aliphatic heterocycles. The van der Waals surface area contributed by atoms with E-state index in [4.69, 9.17) is 4.74 Å². The third-order valence-electron chi connectivity index (χ3n) is 5.67. The van der Waals surface area contributed by atoms with Crippen molar-refractivity contribution in [3.05, 3.63) is 0 Å². The van der Waals surface area contributed by atoms with Crippen LogP contribution in [-0.4, -0.2) is 35.8 Å². The van der Waals surface area contributed by atoms with Gasteiger partial charge in [0.15, 0.2) is 0 Å². The highest BCUT2D eigenvalue weighted by Gasteiger charge is 2.23. The first kappa shape index (κ1) is 25.7. The van der Waals surface area contributed by atoms with Crippen LogP contribution < -0.4 is 15.7 Å². The first-order valence-electron chi connectivity index (χ1n) is 11.8. The van der Waals surface area contributed by atoms with Crippen LogP contribution in [-0.2, 0) is 9.53 Å². The molecule has 0 bridgehead atoms. The summed E-state index contributed by atoms with van der Waals surface area (Å²) in [4.78, 5) is 22.0. The molecule has 2 saturated carbocycles. The molecule has 170 valence electrons. The molecule has 0 radical (unpaired) electrons. The lowest BCUT2D eigenvalue weighted by molar-refractivity contribution is -0.725. The minimum atomic E-state index is -1.28. The molecule has 0 spiro atoms. The molecule has 29 heavy (non-hydrogen) atoms. The standard InChI is InChI=1S/C12H23N.C11H21NO4/c1-3-7-11(8-4-1)13-12-9-5-2-6-10-12;1-5-6-7-8(9(13)14)12-10(15)16-11(2,3)4/h11-13H,1-10H2;8H,5-7H2,1-4H3,(H,12,15)(H,13,14). The Hall–Kier alpha value is -1.30. The summed E-state index contributed by atoms with van der Waals surface area (Å²) in [5.41, 5.74) is -0.634. The zero-order valence-electron chi connectivity index (χ0n) is 19.1. The summed E-state index contributed by atoms with van der Waals surface area (Å²) in [6.45, 7) is 7.09. The first-order valence-corrected chi connectivity index (χ1v) is 11.8. The van der Waals surface area contributed by atoms with Crippen LogP contribution in [0.3, 0.4) is 0 Å². The van der Waals surface area contributed by atoms with Crippen molar-refractivity contribution in [2.45, 2.75) is 135 Å². The van der Waals surface area contributed by atoms with Crippen LogP contribution in [0.25, 0.3) is 0 Å². The summed E-state index contributed by atoms with van der Waals surface area (Å²) < 4.78 is 4.96. The van der Waals surface area contributed by atoms with Gasteiger partial charge in [0.2, 0.25) is 0 Å². The van der Waals surface area contributed by atoms with Gasteiger partial charge in [-0.15, -0.1) is 0 Å². The molecule has 6 heteroatoms. The molecular formula is C23H44N2O4. The van der Waals surface area contributed by atoms with Crippen molar-refractivity contribution in [2.75, 3.05) is 0 Å². The number of nitrogens with one attached hydrogen (secondary N) is 1. The number of alkyl carbamates (subject to hydrolysis) is 1. The number of carboxylic acids is 1. The second kappa shape index (κ2) is 13.8. The Labute approximate surface area is 177 Å². The van der Waals surface area contributed by atoms with E-state index in [0.29, 0.717) is 12.8 Å². The smallest absolute Gasteiger partial charge is 0.408 e. The van der Waals surface area contributed by atoms with Crippen LogP contribution in [0.1, 0.15) is 111 Å². The van der Waals surface area contributed by atoms with Gasteiger partial charge in [-0.1, -0.05) is 32.6 Å². The van der Waals surface area contributed by atoms with Gasteiger partial charge in [0, 0.05) is 0 Å². The molecular weight excluding hydrogens is 368 g/mol. The Morgan fingerprint density at radius 3 is 1.86 bits per heavy atom. The molecule has 6 nitrogen and oxygen atoms in total. The van der Waals surface area contributed by atoms with E-state index in [0.717, 1.165) is 18.5 Å². The lowest BCUT2D eigenvalue weighted by Crippen LogP contribution is -2.95. The second-order valence-corrected chi connectivity index (χ2v) is 9.65. The van der Waals surface area contributed by atoms with Crippen LogP contribution >= 0.6 is 0 Å². The van der Waals surface area contributed by atoms with E-state index in [1.54, 1.807) is 20.8 Å². The van der Waals surface area contributed by atoms with E-state index < -0.39 is 23.7 Å². The van der Waals surface area contributed by atoms with Gasteiger partial charge in [-0.2, -0.15) is 0 Å². The number of hydrogen-bond donors (Lipinski definition) is 2. The topological polar surface area (TPSA) is 95.1 Å². The molecule has 0 aromatic heterocycles. The fourth-order valence-corrected chi connectivity index (χ4v) is 4.15. The molecule has 2 aliphatic carbocycles. The normalized spacial score (nSPS) is 19.6. The number of ether oxygens (including phenoxy) is 1. The summed E-state index contributed by atoms with van der Waals surface area (Å²) >= 11 is 0. The van der Waals surface area contributed by atoms with Gasteiger partial charge < -0.3 is 25.3 Å². The lowest BCUT2D eigenvalue weighted by Gasteiger charge is -2.27. The van der Waals surface area contributed by atoms with Crippen LogP contribution in [0.4, 0.5) is 4.79 Å². The number of amides is 1. The Bertz CT molecular complexity index is 448. The highest BCUT2D eigenvalue weighted by atomic mass is 16.6. The number of rotatable bonds is 7. The Kier molecular flexibility index (Phi) is 12.3. The second-order valence-electron chi connectivity index (χ2n) is 9.65. The number of carboxylic acid groups (broad SMARTS) is 1. The summed E-state index contributed by atoms with van der Waals surface area (Å²) in [5.74, 6) is -1.28. The highest BCUT2D eigenvalue weighted by Crippen LogP contribution is 2.18. The van der Waals surface area contributed by atoms with Gasteiger partial charge in [-0.25, -0.2) is 4.79 Å². The lowest BCUT2D eigenvalue weighted by atomic mass is 9.91. The largest absolute Gasteiger partial charge is 0.548 e. The first-order chi connectivity index (χ1) is 13.7. The van der Waals surface area contributed by atoms with Crippen LogP contribution in [0.5, 0.6) is 0 Å². The molecule has 1 amide bonds. The number of nitrogens with two attached hydrogens (primary N) is 1. The monoisotopic (exact) mass is 412 g/mol. The SMILES string of the molecule is C1CCC([NH2+]C2CCCCC2)CC1.CCCCC(NC(=O)OC(C)(C)C)C(=O)[O-]. The van der Waals surface area contributed by atoms with Crippen LogP contribution in [0.2, 0.25) is 0 Å². The maximum Gasteiger partial charge on any atom is 0.408 e. The maximum atomic E-state index is 11.3. The highest BCUT2D eigenvalue weighted by molar-refractivity contribution is 5.78. The molecule has 2 rings (SSSR count). The van der Waals surface area contributed by atoms with Gasteiger partial charge in [0.1, 0.15) is 5.60 Å². The fraction of sp³-hybridized carbons (Fsp3) is 0.913. The number of quaternary nitrogens is 1. The average Bonchev–Trinajstić information content (AvgIpc) is 2.65. The average molecular weight is 413 g/mol. The molecule has 0 heterocycles. The zero-order valence-corrected chi connectivity index (χ0v) is 19.1. The minimum absolute atomic E-state index is 0.359.